The van der Waals surface area contributed by atoms with Crippen LogP contribution in [-0.4, -0.2) is 14.8 Å². The fourth-order valence-electron chi connectivity index (χ4n) is 1.98. The van der Waals surface area contributed by atoms with E-state index in [0.29, 0.717) is 23.6 Å². The first-order valence-corrected chi connectivity index (χ1v) is 6.31. The Bertz CT molecular complexity index is 537. The van der Waals surface area contributed by atoms with E-state index in [4.69, 9.17) is 17.4 Å². The summed E-state index contributed by atoms with van der Waals surface area (Å²) < 4.78 is 15.6. The molecule has 0 aliphatic carbocycles. The Morgan fingerprint density at radius 2 is 2.32 bits per heavy atom. The molecule has 0 radical (unpaired) electrons. The van der Waals surface area contributed by atoms with Crippen molar-refractivity contribution in [2.24, 2.45) is 5.84 Å². The molecule has 0 bridgehead atoms. The third-order valence-corrected chi connectivity index (χ3v) is 3.26. The summed E-state index contributed by atoms with van der Waals surface area (Å²) in [6.45, 7) is 2.65. The summed E-state index contributed by atoms with van der Waals surface area (Å²) in [5, 5.41) is 4.41. The maximum Gasteiger partial charge on any atom is 0.138 e. The minimum atomic E-state index is -0.455. The van der Waals surface area contributed by atoms with Crippen molar-refractivity contribution >= 4 is 11.6 Å². The summed E-state index contributed by atoms with van der Waals surface area (Å²) in [5.41, 5.74) is 2.93. The average molecular weight is 284 g/mol. The molecule has 0 amide bonds. The molecule has 7 heteroatoms. The van der Waals surface area contributed by atoms with E-state index in [1.165, 1.54) is 12.4 Å². The topological polar surface area (TPSA) is 68.8 Å². The molecular formula is C12H15ClFN5. The minimum Gasteiger partial charge on any atom is -0.271 e. The zero-order valence-corrected chi connectivity index (χ0v) is 11.2. The van der Waals surface area contributed by atoms with E-state index in [9.17, 15) is 4.39 Å². The van der Waals surface area contributed by atoms with E-state index in [0.717, 1.165) is 5.82 Å². The summed E-state index contributed by atoms with van der Waals surface area (Å²) in [4.78, 5) is 4.15. The Balaban J connectivity index is 2.30. The van der Waals surface area contributed by atoms with Crippen LogP contribution < -0.4 is 11.3 Å². The lowest BCUT2D eigenvalue weighted by atomic mass is 10.0. The van der Waals surface area contributed by atoms with Crippen LogP contribution in [0.2, 0.25) is 5.02 Å². The normalized spacial score (nSPS) is 12.6. The van der Waals surface area contributed by atoms with Crippen LogP contribution in [0.1, 0.15) is 24.4 Å². The summed E-state index contributed by atoms with van der Waals surface area (Å²) >= 11 is 6.04. The number of halogens is 2. The van der Waals surface area contributed by atoms with Crippen molar-refractivity contribution in [3.8, 4) is 0 Å². The maximum absolute atomic E-state index is 13.9. The predicted molar refractivity (Wildman–Crippen MR) is 70.9 cm³/mol. The molecule has 19 heavy (non-hydrogen) atoms. The standard InChI is InChI=1S/C12H15ClFN5/c1-2-19-11(16-7-17-19)6-10(18-15)12-8(13)4-3-5-9(12)14/h3-5,7,10,18H,2,6,15H2,1H3. The number of benzene rings is 1. The third-order valence-electron chi connectivity index (χ3n) is 2.93. The van der Waals surface area contributed by atoms with E-state index in [2.05, 4.69) is 15.5 Å². The first-order valence-electron chi connectivity index (χ1n) is 5.94. The first-order chi connectivity index (χ1) is 9.17. The van der Waals surface area contributed by atoms with Gasteiger partial charge in [-0.25, -0.2) is 9.37 Å². The zero-order chi connectivity index (χ0) is 13.8. The van der Waals surface area contributed by atoms with Gasteiger partial charge in [-0.3, -0.25) is 16.0 Å². The Morgan fingerprint density at radius 1 is 1.53 bits per heavy atom. The molecule has 0 fully saturated rings. The Morgan fingerprint density at radius 3 is 2.95 bits per heavy atom. The number of nitrogens with two attached hydrogens (primary N) is 1. The van der Waals surface area contributed by atoms with Crippen molar-refractivity contribution in [2.75, 3.05) is 0 Å². The summed E-state index contributed by atoms with van der Waals surface area (Å²) in [6, 6.07) is 4.09. The number of nitrogens with one attached hydrogen (secondary N) is 1. The van der Waals surface area contributed by atoms with Crippen molar-refractivity contribution in [3.05, 3.63) is 46.8 Å². The Labute approximate surface area is 115 Å². The number of aryl methyl sites for hydroxylation is 1. The number of rotatable bonds is 5. The van der Waals surface area contributed by atoms with Crippen LogP contribution in [-0.2, 0) is 13.0 Å². The van der Waals surface area contributed by atoms with Gasteiger partial charge in [0.1, 0.15) is 18.0 Å². The summed E-state index contributed by atoms with van der Waals surface area (Å²) in [6.07, 6.45) is 1.88. The van der Waals surface area contributed by atoms with Crippen LogP contribution in [0.3, 0.4) is 0 Å². The summed E-state index contributed by atoms with van der Waals surface area (Å²) in [7, 11) is 0. The highest BCUT2D eigenvalue weighted by atomic mass is 35.5. The molecule has 3 N–H and O–H groups in total. The lowest BCUT2D eigenvalue weighted by Gasteiger charge is -2.18. The minimum absolute atomic E-state index is 0.338. The molecule has 2 rings (SSSR count). The number of aromatic nitrogens is 3. The van der Waals surface area contributed by atoms with Crippen LogP contribution in [0, 0.1) is 5.82 Å². The van der Waals surface area contributed by atoms with Crippen LogP contribution in [0.25, 0.3) is 0 Å². The second-order valence-electron chi connectivity index (χ2n) is 4.05. The quantitative estimate of drug-likeness (QED) is 0.649. The number of hydrogen-bond donors (Lipinski definition) is 2. The van der Waals surface area contributed by atoms with Crippen molar-refractivity contribution in [1.82, 2.24) is 20.2 Å². The van der Waals surface area contributed by atoms with Gasteiger partial charge in [0, 0.05) is 23.6 Å². The molecule has 0 spiro atoms. The van der Waals surface area contributed by atoms with E-state index < -0.39 is 11.9 Å². The molecule has 1 heterocycles. The molecule has 1 aromatic carbocycles. The Hall–Kier alpha value is -1.50. The largest absolute Gasteiger partial charge is 0.271 e. The molecule has 2 aromatic rings. The van der Waals surface area contributed by atoms with E-state index in [-0.39, 0.29) is 0 Å². The molecule has 0 aliphatic heterocycles. The van der Waals surface area contributed by atoms with Gasteiger partial charge in [-0.2, -0.15) is 5.10 Å². The number of nitrogens with zero attached hydrogens (tertiary/aromatic N) is 3. The van der Waals surface area contributed by atoms with Gasteiger partial charge in [-0.1, -0.05) is 17.7 Å². The van der Waals surface area contributed by atoms with Crippen molar-refractivity contribution in [3.63, 3.8) is 0 Å². The Kier molecular flexibility index (Phi) is 4.47. The predicted octanol–water partition coefficient (Wildman–Crippen LogP) is 1.84. The van der Waals surface area contributed by atoms with Gasteiger partial charge in [-0.15, -0.1) is 0 Å². The molecule has 1 aromatic heterocycles. The van der Waals surface area contributed by atoms with Gasteiger partial charge in [0.05, 0.1) is 6.04 Å². The fourth-order valence-corrected chi connectivity index (χ4v) is 2.28. The molecular weight excluding hydrogens is 269 g/mol. The van der Waals surface area contributed by atoms with Gasteiger partial charge >= 0.3 is 0 Å². The van der Waals surface area contributed by atoms with E-state index in [1.807, 2.05) is 6.92 Å². The highest BCUT2D eigenvalue weighted by Crippen LogP contribution is 2.27. The highest BCUT2D eigenvalue weighted by molar-refractivity contribution is 6.31. The number of hydrogen-bond acceptors (Lipinski definition) is 4. The molecule has 0 saturated carbocycles. The summed E-state index contributed by atoms with van der Waals surface area (Å²) in [5.74, 6) is 5.85. The lowest BCUT2D eigenvalue weighted by Crippen LogP contribution is -2.31. The SMILES string of the molecule is CCn1ncnc1CC(NN)c1c(F)cccc1Cl. The monoisotopic (exact) mass is 283 g/mol. The van der Waals surface area contributed by atoms with Crippen LogP contribution >= 0.6 is 11.6 Å². The van der Waals surface area contributed by atoms with Crippen molar-refractivity contribution < 1.29 is 4.39 Å². The van der Waals surface area contributed by atoms with Crippen molar-refractivity contribution in [1.29, 1.82) is 0 Å². The van der Waals surface area contributed by atoms with Gasteiger partial charge in [0.2, 0.25) is 0 Å². The third kappa shape index (κ3) is 2.91. The van der Waals surface area contributed by atoms with Gasteiger partial charge in [0.25, 0.3) is 0 Å². The van der Waals surface area contributed by atoms with Crippen LogP contribution in [0.15, 0.2) is 24.5 Å². The van der Waals surface area contributed by atoms with Gasteiger partial charge in [-0.05, 0) is 19.1 Å². The van der Waals surface area contributed by atoms with Crippen LogP contribution in [0.5, 0.6) is 0 Å². The smallest absolute Gasteiger partial charge is 0.138 e. The molecule has 5 nitrogen and oxygen atoms in total. The second kappa shape index (κ2) is 6.10. The van der Waals surface area contributed by atoms with Gasteiger partial charge < -0.3 is 0 Å². The van der Waals surface area contributed by atoms with Crippen LogP contribution in [0.4, 0.5) is 4.39 Å². The van der Waals surface area contributed by atoms with E-state index in [1.54, 1.807) is 16.8 Å². The fraction of sp³-hybridized carbons (Fsp3) is 0.333. The maximum atomic E-state index is 13.9. The number of hydrazine groups is 1. The zero-order valence-electron chi connectivity index (χ0n) is 10.5. The molecule has 0 saturated heterocycles. The second-order valence-corrected chi connectivity index (χ2v) is 4.46. The highest BCUT2D eigenvalue weighted by Gasteiger charge is 2.20. The lowest BCUT2D eigenvalue weighted by molar-refractivity contribution is 0.485. The first kappa shape index (κ1) is 13.9. The van der Waals surface area contributed by atoms with Gasteiger partial charge in [0.15, 0.2) is 0 Å². The van der Waals surface area contributed by atoms with Crippen molar-refractivity contribution in [2.45, 2.75) is 25.9 Å². The molecule has 1 atom stereocenters. The molecule has 0 aliphatic rings. The average Bonchev–Trinajstić information content (AvgIpc) is 2.84. The van der Waals surface area contributed by atoms with E-state index >= 15 is 0 Å². The molecule has 102 valence electrons. The molecule has 1 unspecified atom stereocenters.